The Morgan fingerprint density at radius 2 is 2.17 bits per heavy atom. The second-order valence-corrected chi connectivity index (χ2v) is 4.67. The van der Waals surface area contributed by atoms with Crippen LogP contribution in [-0.2, 0) is 0 Å². The number of amides is 1. The molecule has 132 valence electrons. The van der Waals surface area contributed by atoms with E-state index < -0.39 is 6.61 Å². The maximum Gasteiger partial charge on any atom is 0.387 e. The molecule has 0 aliphatic carbocycles. The summed E-state index contributed by atoms with van der Waals surface area (Å²) >= 11 is 0. The molecule has 3 N–H and O–H groups in total. The molecular formula is C15H19ClF2N4O2. The summed E-state index contributed by atoms with van der Waals surface area (Å²) in [6.07, 6.45) is 1.40. The summed E-state index contributed by atoms with van der Waals surface area (Å²) in [7, 11) is 0. The maximum absolute atomic E-state index is 12.3. The lowest BCUT2D eigenvalue weighted by Gasteiger charge is -2.08. The van der Waals surface area contributed by atoms with Gasteiger partial charge in [0.2, 0.25) is 0 Å². The molecule has 9 heteroatoms. The summed E-state index contributed by atoms with van der Waals surface area (Å²) in [4.78, 5) is 12.2. The Labute approximate surface area is 144 Å². The molecule has 0 spiro atoms. The van der Waals surface area contributed by atoms with Crippen molar-refractivity contribution in [3.63, 3.8) is 0 Å². The summed E-state index contributed by atoms with van der Waals surface area (Å²) < 4.78 is 29.0. The highest BCUT2D eigenvalue weighted by Gasteiger charge is 2.15. The number of hydrogen-bond donors (Lipinski definition) is 3. The molecule has 0 saturated carbocycles. The quantitative estimate of drug-likeness (QED) is 0.632. The minimum absolute atomic E-state index is 0. The number of aromatic amines is 1. The predicted octanol–water partition coefficient (Wildman–Crippen LogP) is 2.44. The molecule has 6 nitrogen and oxygen atoms in total. The van der Waals surface area contributed by atoms with Gasteiger partial charge in [-0.05, 0) is 18.7 Å². The molecule has 0 radical (unpaired) electrons. The Morgan fingerprint density at radius 3 is 2.88 bits per heavy atom. The van der Waals surface area contributed by atoms with E-state index in [0.717, 1.165) is 6.54 Å². The summed E-state index contributed by atoms with van der Waals surface area (Å²) in [5.74, 6) is -0.266. The number of carbonyl (C=O) groups excluding carboxylic acids is 1. The summed E-state index contributed by atoms with van der Waals surface area (Å²) in [6, 6.07) is 6.10. The van der Waals surface area contributed by atoms with Crippen LogP contribution >= 0.6 is 12.4 Å². The fraction of sp³-hybridized carbons (Fsp3) is 0.333. The van der Waals surface area contributed by atoms with E-state index in [1.165, 1.54) is 18.3 Å². The molecular weight excluding hydrogens is 342 g/mol. The van der Waals surface area contributed by atoms with Crippen LogP contribution in [0.25, 0.3) is 11.3 Å². The number of ether oxygens (including phenoxy) is 1. The number of benzene rings is 1. The number of hydrogen-bond acceptors (Lipinski definition) is 4. The van der Waals surface area contributed by atoms with Gasteiger partial charge in [-0.25, -0.2) is 0 Å². The van der Waals surface area contributed by atoms with Crippen molar-refractivity contribution in [2.75, 3.05) is 19.6 Å². The fourth-order valence-corrected chi connectivity index (χ4v) is 2.04. The Kier molecular flexibility index (Phi) is 8.14. The number of rotatable bonds is 8. The van der Waals surface area contributed by atoms with Crippen LogP contribution in [0.15, 0.2) is 30.5 Å². The zero-order chi connectivity index (χ0) is 16.7. The SMILES string of the molecule is CCNCCNC(=O)c1cn[nH]c1-c1cccc(OC(F)F)c1.Cl. The van der Waals surface area contributed by atoms with Crippen molar-refractivity contribution in [2.24, 2.45) is 0 Å². The molecule has 0 atom stereocenters. The maximum atomic E-state index is 12.3. The second-order valence-electron chi connectivity index (χ2n) is 4.67. The number of alkyl halides is 2. The second kappa shape index (κ2) is 9.84. The van der Waals surface area contributed by atoms with Crippen LogP contribution < -0.4 is 15.4 Å². The van der Waals surface area contributed by atoms with Crippen molar-refractivity contribution >= 4 is 18.3 Å². The van der Waals surface area contributed by atoms with E-state index in [0.29, 0.717) is 29.9 Å². The van der Waals surface area contributed by atoms with Gasteiger partial charge in [-0.15, -0.1) is 12.4 Å². The number of halogens is 3. The Hall–Kier alpha value is -2.19. The van der Waals surface area contributed by atoms with E-state index in [2.05, 4.69) is 25.6 Å². The molecule has 0 aliphatic heterocycles. The van der Waals surface area contributed by atoms with E-state index in [-0.39, 0.29) is 24.1 Å². The van der Waals surface area contributed by atoms with Crippen LogP contribution in [-0.4, -0.2) is 42.4 Å². The number of likely N-dealkylation sites (N-methyl/N-ethyl adjacent to an activating group) is 1. The zero-order valence-electron chi connectivity index (χ0n) is 13.0. The zero-order valence-corrected chi connectivity index (χ0v) is 13.8. The number of H-pyrrole nitrogens is 1. The monoisotopic (exact) mass is 360 g/mol. The lowest BCUT2D eigenvalue weighted by Crippen LogP contribution is -2.31. The summed E-state index contributed by atoms with van der Waals surface area (Å²) in [5.41, 5.74) is 1.33. The van der Waals surface area contributed by atoms with E-state index in [4.69, 9.17) is 0 Å². The van der Waals surface area contributed by atoms with Crippen molar-refractivity contribution in [2.45, 2.75) is 13.5 Å². The first-order valence-electron chi connectivity index (χ1n) is 7.19. The Morgan fingerprint density at radius 1 is 1.38 bits per heavy atom. The molecule has 1 aromatic carbocycles. The third kappa shape index (κ3) is 5.47. The van der Waals surface area contributed by atoms with Crippen LogP contribution in [0.2, 0.25) is 0 Å². The summed E-state index contributed by atoms with van der Waals surface area (Å²) in [6.45, 7) is 1.04. The lowest BCUT2D eigenvalue weighted by atomic mass is 10.1. The molecule has 0 bridgehead atoms. The fourth-order valence-electron chi connectivity index (χ4n) is 2.04. The lowest BCUT2D eigenvalue weighted by molar-refractivity contribution is -0.0498. The molecule has 1 amide bonds. The topological polar surface area (TPSA) is 79.0 Å². The summed E-state index contributed by atoms with van der Waals surface area (Å²) in [5, 5.41) is 12.4. The predicted molar refractivity (Wildman–Crippen MR) is 88.8 cm³/mol. The highest BCUT2D eigenvalue weighted by molar-refractivity contribution is 5.99. The van der Waals surface area contributed by atoms with Gasteiger partial charge in [-0.2, -0.15) is 13.9 Å². The average Bonchev–Trinajstić information content (AvgIpc) is 3.00. The first-order valence-corrected chi connectivity index (χ1v) is 7.19. The molecule has 24 heavy (non-hydrogen) atoms. The van der Waals surface area contributed by atoms with Gasteiger partial charge in [-0.1, -0.05) is 19.1 Å². The number of nitrogens with one attached hydrogen (secondary N) is 3. The van der Waals surface area contributed by atoms with Gasteiger partial charge in [0.1, 0.15) is 5.75 Å². The van der Waals surface area contributed by atoms with Gasteiger partial charge < -0.3 is 15.4 Å². The van der Waals surface area contributed by atoms with Crippen LogP contribution in [0.5, 0.6) is 5.75 Å². The van der Waals surface area contributed by atoms with Crippen molar-refractivity contribution in [1.29, 1.82) is 0 Å². The van der Waals surface area contributed by atoms with Gasteiger partial charge in [-0.3, -0.25) is 9.89 Å². The smallest absolute Gasteiger partial charge is 0.387 e. The first kappa shape index (κ1) is 19.9. The van der Waals surface area contributed by atoms with Crippen LogP contribution in [0.4, 0.5) is 8.78 Å². The molecule has 2 rings (SSSR count). The molecule has 1 heterocycles. The highest BCUT2D eigenvalue weighted by atomic mass is 35.5. The molecule has 1 aromatic heterocycles. The van der Waals surface area contributed by atoms with E-state index in [9.17, 15) is 13.6 Å². The van der Waals surface area contributed by atoms with E-state index >= 15 is 0 Å². The van der Waals surface area contributed by atoms with Crippen molar-refractivity contribution in [3.8, 4) is 17.0 Å². The van der Waals surface area contributed by atoms with Gasteiger partial charge in [0.05, 0.1) is 17.5 Å². The minimum Gasteiger partial charge on any atom is -0.435 e. The van der Waals surface area contributed by atoms with Crippen molar-refractivity contribution in [1.82, 2.24) is 20.8 Å². The Bertz CT molecular complexity index is 652. The molecule has 2 aromatic rings. The standard InChI is InChI=1S/C15H18F2N4O2.ClH/c1-2-18-6-7-19-14(22)12-9-20-21-13(12)10-4-3-5-11(8-10)23-15(16)17;/h3-5,8-9,15,18H,2,6-7H2,1H3,(H,19,22)(H,20,21);1H. The van der Waals surface area contributed by atoms with Gasteiger partial charge in [0.15, 0.2) is 0 Å². The first-order chi connectivity index (χ1) is 11.1. The molecule has 0 aliphatic rings. The largest absolute Gasteiger partial charge is 0.435 e. The molecule has 0 fully saturated rings. The van der Waals surface area contributed by atoms with E-state index in [1.54, 1.807) is 12.1 Å². The third-order valence-corrected chi connectivity index (χ3v) is 3.07. The number of nitrogens with zero attached hydrogens (tertiary/aromatic N) is 1. The molecule has 0 unspecified atom stereocenters. The van der Waals surface area contributed by atoms with Crippen LogP contribution in [0, 0.1) is 0 Å². The van der Waals surface area contributed by atoms with Gasteiger partial charge >= 0.3 is 6.61 Å². The minimum atomic E-state index is -2.90. The normalized spacial score (nSPS) is 10.3. The van der Waals surface area contributed by atoms with E-state index in [1.807, 2.05) is 6.92 Å². The Balaban J connectivity index is 0.00000288. The van der Waals surface area contributed by atoms with Crippen LogP contribution in [0.3, 0.4) is 0 Å². The average molecular weight is 361 g/mol. The van der Waals surface area contributed by atoms with Gasteiger partial charge in [0, 0.05) is 18.7 Å². The third-order valence-electron chi connectivity index (χ3n) is 3.07. The van der Waals surface area contributed by atoms with Crippen molar-refractivity contribution < 1.29 is 18.3 Å². The molecule has 0 saturated heterocycles. The van der Waals surface area contributed by atoms with Crippen LogP contribution in [0.1, 0.15) is 17.3 Å². The number of carbonyl (C=O) groups is 1. The highest BCUT2D eigenvalue weighted by Crippen LogP contribution is 2.25. The number of aromatic nitrogens is 2. The van der Waals surface area contributed by atoms with Crippen molar-refractivity contribution in [3.05, 3.63) is 36.0 Å². The van der Waals surface area contributed by atoms with Gasteiger partial charge in [0.25, 0.3) is 5.91 Å².